The second-order valence-electron chi connectivity index (χ2n) is 4.91. The van der Waals surface area contributed by atoms with Crippen molar-refractivity contribution in [2.45, 2.75) is 26.6 Å². The van der Waals surface area contributed by atoms with Crippen molar-refractivity contribution in [1.29, 1.82) is 0 Å². The van der Waals surface area contributed by atoms with Gasteiger partial charge in [-0.2, -0.15) is 13.2 Å². The van der Waals surface area contributed by atoms with Crippen LogP contribution in [0.15, 0.2) is 18.2 Å². The second-order valence-corrected chi connectivity index (χ2v) is 4.91. The number of carboxylic acid groups (broad SMARTS) is 1. The molecule has 0 aliphatic rings. The average Bonchev–Trinajstić information content (AvgIpc) is 2.35. The number of hydrogen-bond donors (Lipinski definition) is 1. The summed E-state index contributed by atoms with van der Waals surface area (Å²) in [5.41, 5.74) is -0.874. The Morgan fingerprint density at radius 1 is 1.33 bits per heavy atom. The molecule has 1 aromatic rings. The van der Waals surface area contributed by atoms with Crippen LogP contribution in [0.5, 0.6) is 0 Å². The molecule has 0 spiro atoms. The molecule has 0 radical (unpaired) electrons. The van der Waals surface area contributed by atoms with Gasteiger partial charge in [0.1, 0.15) is 5.82 Å². The summed E-state index contributed by atoms with van der Waals surface area (Å²) in [4.78, 5) is 12.5. The summed E-state index contributed by atoms with van der Waals surface area (Å²) in [7, 11) is 0. The van der Waals surface area contributed by atoms with Gasteiger partial charge in [0, 0.05) is 13.1 Å². The number of halogens is 4. The van der Waals surface area contributed by atoms with E-state index in [1.165, 1.54) is 6.92 Å². The molecule has 1 rings (SSSR count). The second kappa shape index (κ2) is 6.89. The van der Waals surface area contributed by atoms with Crippen molar-refractivity contribution in [1.82, 2.24) is 4.90 Å². The van der Waals surface area contributed by atoms with Gasteiger partial charge in [0.15, 0.2) is 0 Å². The Hall–Kier alpha value is -1.63. The average molecular weight is 307 g/mol. The van der Waals surface area contributed by atoms with Crippen LogP contribution >= 0.6 is 0 Å². The molecule has 0 heterocycles. The van der Waals surface area contributed by atoms with Crippen molar-refractivity contribution in [3.63, 3.8) is 0 Å². The standard InChI is InChI=1S/C14H17F4NO2/c1-3-19(7-9(2)13(20)21)8-10-4-11(14(16,17)18)6-12(15)5-10/h4-6,9H,3,7-8H2,1-2H3,(H,20,21). The number of alkyl halides is 3. The highest BCUT2D eigenvalue weighted by Crippen LogP contribution is 2.30. The Bertz CT molecular complexity index is 502. The van der Waals surface area contributed by atoms with Gasteiger partial charge in [0.25, 0.3) is 0 Å². The lowest BCUT2D eigenvalue weighted by Gasteiger charge is -2.23. The quantitative estimate of drug-likeness (QED) is 0.819. The minimum Gasteiger partial charge on any atom is -0.481 e. The van der Waals surface area contributed by atoms with E-state index in [0.717, 1.165) is 12.1 Å². The highest BCUT2D eigenvalue weighted by molar-refractivity contribution is 5.69. The smallest absolute Gasteiger partial charge is 0.416 e. The van der Waals surface area contributed by atoms with Crippen molar-refractivity contribution in [2.24, 2.45) is 5.92 Å². The fourth-order valence-corrected chi connectivity index (χ4v) is 1.93. The van der Waals surface area contributed by atoms with Gasteiger partial charge < -0.3 is 5.11 Å². The van der Waals surface area contributed by atoms with E-state index in [1.54, 1.807) is 11.8 Å². The summed E-state index contributed by atoms with van der Waals surface area (Å²) >= 11 is 0. The summed E-state index contributed by atoms with van der Waals surface area (Å²) < 4.78 is 51.2. The van der Waals surface area contributed by atoms with Gasteiger partial charge in [-0.25, -0.2) is 4.39 Å². The number of carbonyl (C=O) groups is 1. The lowest BCUT2D eigenvalue weighted by molar-refractivity contribution is -0.141. The third-order valence-electron chi connectivity index (χ3n) is 3.09. The van der Waals surface area contributed by atoms with Crippen LogP contribution in [0.3, 0.4) is 0 Å². The zero-order valence-electron chi connectivity index (χ0n) is 11.7. The van der Waals surface area contributed by atoms with E-state index in [2.05, 4.69) is 0 Å². The Kier molecular flexibility index (Phi) is 5.71. The Labute approximate surface area is 120 Å². The molecular weight excluding hydrogens is 290 g/mol. The molecule has 1 unspecified atom stereocenters. The topological polar surface area (TPSA) is 40.5 Å². The number of aliphatic carboxylic acids is 1. The van der Waals surface area contributed by atoms with E-state index in [0.29, 0.717) is 12.6 Å². The van der Waals surface area contributed by atoms with Crippen LogP contribution < -0.4 is 0 Å². The molecule has 1 atom stereocenters. The molecule has 0 amide bonds. The van der Waals surface area contributed by atoms with Crippen LogP contribution in [0, 0.1) is 11.7 Å². The lowest BCUT2D eigenvalue weighted by Crippen LogP contribution is -2.31. The molecule has 7 heteroatoms. The predicted octanol–water partition coefficient (Wildman–Crippen LogP) is 3.39. The van der Waals surface area contributed by atoms with E-state index in [4.69, 9.17) is 5.11 Å². The highest BCUT2D eigenvalue weighted by atomic mass is 19.4. The molecule has 118 valence electrons. The van der Waals surface area contributed by atoms with E-state index >= 15 is 0 Å². The molecule has 1 aromatic carbocycles. The highest BCUT2D eigenvalue weighted by Gasteiger charge is 2.31. The molecule has 0 bridgehead atoms. The fraction of sp³-hybridized carbons (Fsp3) is 0.500. The molecule has 0 saturated heterocycles. The molecule has 1 N–H and O–H groups in total. The van der Waals surface area contributed by atoms with Crippen LogP contribution in [0.25, 0.3) is 0 Å². The Balaban J connectivity index is 2.90. The minimum atomic E-state index is -4.61. The minimum absolute atomic E-state index is 0.0644. The van der Waals surface area contributed by atoms with Crippen molar-refractivity contribution >= 4 is 5.97 Å². The van der Waals surface area contributed by atoms with Gasteiger partial charge in [-0.1, -0.05) is 13.8 Å². The van der Waals surface area contributed by atoms with Gasteiger partial charge in [-0.05, 0) is 30.3 Å². The number of benzene rings is 1. The molecule has 0 aliphatic heterocycles. The van der Waals surface area contributed by atoms with Gasteiger partial charge in [0.05, 0.1) is 11.5 Å². The largest absolute Gasteiger partial charge is 0.481 e. The van der Waals surface area contributed by atoms with E-state index in [9.17, 15) is 22.4 Å². The first-order chi connectivity index (χ1) is 9.63. The molecule has 0 aliphatic carbocycles. The van der Waals surface area contributed by atoms with Crippen LogP contribution in [0.2, 0.25) is 0 Å². The molecule has 0 saturated carbocycles. The summed E-state index contributed by atoms with van der Waals surface area (Å²) in [6, 6.07) is 2.36. The van der Waals surface area contributed by atoms with E-state index in [1.807, 2.05) is 0 Å². The van der Waals surface area contributed by atoms with Crippen molar-refractivity contribution < 1.29 is 27.5 Å². The van der Waals surface area contributed by atoms with E-state index < -0.39 is 29.4 Å². The maximum absolute atomic E-state index is 13.3. The van der Waals surface area contributed by atoms with Crippen LogP contribution in [0.4, 0.5) is 17.6 Å². The summed E-state index contributed by atoms with van der Waals surface area (Å²) in [6.45, 7) is 3.98. The first-order valence-corrected chi connectivity index (χ1v) is 6.45. The van der Waals surface area contributed by atoms with Crippen molar-refractivity contribution in [2.75, 3.05) is 13.1 Å². The number of rotatable bonds is 6. The maximum atomic E-state index is 13.3. The number of nitrogens with zero attached hydrogens (tertiary/aromatic N) is 1. The first kappa shape index (κ1) is 17.4. The summed E-state index contributed by atoms with van der Waals surface area (Å²) in [5, 5.41) is 8.85. The third kappa shape index (κ3) is 5.34. The number of carboxylic acids is 1. The molecule has 21 heavy (non-hydrogen) atoms. The van der Waals surface area contributed by atoms with Gasteiger partial charge in [0.2, 0.25) is 0 Å². The Morgan fingerprint density at radius 3 is 2.43 bits per heavy atom. The molecule has 0 aromatic heterocycles. The normalized spacial score (nSPS) is 13.5. The summed E-state index contributed by atoms with van der Waals surface area (Å²) in [6.07, 6.45) is -4.61. The van der Waals surface area contributed by atoms with Crippen molar-refractivity contribution in [3.8, 4) is 0 Å². The van der Waals surface area contributed by atoms with E-state index in [-0.39, 0.29) is 18.7 Å². The van der Waals surface area contributed by atoms with Crippen LogP contribution in [0.1, 0.15) is 25.0 Å². The van der Waals surface area contributed by atoms with Crippen LogP contribution in [-0.2, 0) is 17.5 Å². The maximum Gasteiger partial charge on any atom is 0.416 e. The van der Waals surface area contributed by atoms with Crippen molar-refractivity contribution in [3.05, 3.63) is 35.1 Å². The predicted molar refractivity (Wildman–Crippen MR) is 69.2 cm³/mol. The third-order valence-corrected chi connectivity index (χ3v) is 3.09. The van der Waals surface area contributed by atoms with Gasteiger partial charge in [-0.15, -0.1) is 0 Å². The zero-order chi connectivity index (χ0) is 16.2. The monoisotopic (exact) mass is 307 g/mol. The van der Waals surface area contributed by atoms with Gasteiger partial charge >= 0.3 is 12.1 Å². The molecule has 0 fully saturated rings. The van der Waals surface area contributed by atoms with Crippen LogP contribution in [-0.4, -0.2) is 29.1 Å². The summed E-state index contributed by atoms with van der Waals surface area (Å²) in [5.74, 6) is -2.59. The van der Waals surface area contributed by atoms with Gasteiger partial charge in [-0.3, -0.25) is 9.69 Å². The SMILES string of the molecule is CCN(Cc1cc(F)cc(C(F)(F)F)c1)CC(C)C(=O)O. The zero-order valence-corrected chi connectivity index (χ0v) is 11.7. The fourth-order valence-electron chi connectivity index (χ4n) is 1.93. The molecule has 3 nitrogen and oxygen atoms in total. The Morgan fingerprint density at radius 2 is 1.95 bits per heavy atom. The lowest BCUT2D eigenvalue weighted by atomic mass is 10.1. The molecular formula is C14H17F4NO2. The number of hydrogen-bond acceptors (Lipinski definition) is 2. The first-order valence-electron chi connectivity index (χ1n) is 6.45.